The van der Waals surface area contributed by atoms with Crippen LogP contribution in [0.3, 0.4) is 0 Å². The lowest BCUT2D eigenvalue weighted by Crippen LogP contribution is -1.93. The summed E-state index contributed by atoms with van der Waals surface area (Å²) in [6, 6.07) is 11.3. The second kappa shape index (κ2) is 6.58. The molecule has 0 radical (unpaired) electrons. The highest BCUT2D eigenvalue weighted by molar-refractivity contribution is 5.57. The number of aliphatic imine (C=N–C) groups is 2. The SMILES string of the molecule is Cc1ccc(N=C=O)c(Cc2ccc(N=C=O)cc2C)c1. The summed E-state index contributed by atoms with van der Waals surface area (Å²) >= 11 is 0. The van der Waals surface area contributed by atoms with Gasteiger partial charge in [0.25, 0.3) is 0 Å². The zero-order valence-electron chi connectivity index (χ0n) is 11.9. The summed E-state index contributed by atoms with van der Waals surface area (Å²) in [6.45, 7) is 3.95. The van der Waals surface area contributed by atoms with Gasteiger partial charge in [-0.15, -0.1) is 0 Å². The van der Waals surface area contributed by atoms with Gasteiger partial charge in [0.15, 0.2) is 0 Å². The largest absolute Gasteiger partial charge is 0.240 e. The van der Waals surface area contributed by atoms with Crippen LogP contribution in [0.25, 0.3) is 0 Å². The van der Waals surface area contributed by atoms with Crippen LogP contribution in [-0.4, -0.2) is 12.2 Å². The van der Waals surface area contributed by atoms with Crippen LogP contribution in [0.5, 0.6) is 0 Å². The Morgan fingerprint density at radius 1 is 0.905 bits per heavy atom. The fourth-order valence-electron chi connectivity index (χ4n) is 2.22. The molecule has 4 nitrogen and oxygen atoms in total. The van der Waals surface area contributed by atoms with Crippen LogP contribution < -0.4 is 0 Å². The number of hydrogen-bond donors (Lipinski definition) is 0. The molecule has 0 fully saturated rings. The number of carbonyl (C=O) groups excluding carboxylic acids is 2. The third-order valence-electron chi connectivity index (χ3n) is 3.28. The van der Waals surface area contributed by atoms with E-state index in [9.17, 15) is 9.59 Å². The minimum atomic E-state index is 0.585. The lowest BCUT2D eigenvalue weighted by Gasteiger charge is -2.09. The average molecular weight is 278 g/mol. The molecule has 0 atom stereocenters. The van der Waals surface area contributed by atoms with Crippen molar-refractivity contribution in [1.82, 2.24) is 0 Å². The average Bonchev–Trinajstić information content (AvgIpc) is 2.45. The predicted octanol–water partition coefficient (Wildman–Crippen LogP) is 3.83. The molecule has 0 aliphatic carbocycles. The zero-order valence-corrected chi connectivity index (χ0v) is 11.9. The summed E-state index contributed by atoms with van der Waals surface area (Å²) in [7, 11) is 0. The van der Waals surface area contributed by atoms with Gasteiger partial charge in [-0.05, 0) is 55.2 Å². The fraction of sp³-hybridized carbons (Fsp3) is 0.176. The highest BCUT2D eigenvalue weighted by Crippen LogP contribution is 2.26. The summed E-state index contributed by atoms with van der Waals surface area (Å²) < 4.78 is 0. The molecular formula is C17H14N2O2. The molecule has 0 unspecified atom stereocenters. The topological polar surface area (TPSA) is 58.9 Å². The van der Waals surface area contributed by atoms with Crippen molar-refractivity contribution >= 4 is 23.5 Å². The van der Waals surface area contributed by atoms with Crippen LogP contribution in [0.4, 0.5) is 11.4 Å². The minimum absolute atomic E-state index is 0.585. The summed E-state index contributed by atoms with van der Waals surface area (Å²) in [5.74, 6) is 0. The molecule has 0 saturated heterocycles. The lowest BCUT2D eigenvalue weighted by atomic mass is 9.98. The lowest BCUT2D eigenvalue weighted by molar-refractivity contribution is 0.564. The van der Waals surface area contributed by atoms with Crippen LogP contribution in [0.15, 0.2) is 46.4 Å². The van der Waals surface area contributed by atoms with Crippen molar-refractivity contribution < 1.29 is 9.59 Å². The monoisotopic (exact) mass is 278 g/mol. The van der Waals surface area contributed by atoms with E-state index in [1.807, 2.05) is 44.2 Å². The first kappa shape index (κ1) is 14.6. The van der Waals surface area contributed by atoms with E-state index in [2.05, 4.69) is 9.98 Å². The van der Waals surface area contributed by atoms with Gasteiger partial charge in [-0.25, -0.2) is 9.59 Å². The minimum Gasteiger partial charge on any atom is -0.211 e. The Kier molecular flexibility index (Phi) is 4.57. The molecule has 0 aliphatic heterocycles. The fourth-order valence-corrected chi connectivity index (χ4v) is 2.22. The number of benzene rings is 2. The van der Waals surface area contributed by atoms with E-state index < -0.39 is 0 Å². The molecular weight excluding hydrogens is 264 g/mol. The van der Waals surface area contributed by atoms with E-state index in [-0.39, 0.29) is 0 Å². The highest BCUT2D eigenvalue weighted by Gasteiger charge is 2.06. The molecule has 2 aromatic rings. The second-order valence-electron chi connectivity index (χ2n) is 4.83. The Morgan fingerprint density at radius 2 is 1.67 bits per heavy atom. The van der Waals surface area contributed by atoms with Crippen molar-refractivity contribution in [3.8, 4) is 0 Å². The Balaban J connectivity index is 2.40. The van der Waals surface area contributed by atoms with Crippen LogP contribution in [0.2, 0.25) is 0 Å². The van der Waals surface area contributed by atoms with Crippen LogP contribution in [0, 0.1) is 13.8 Å². The van der Waals surface area contributed by atoms with Crippen molar-refractivity contribution in [2.75, 3.05) is 0 Å². The smallest absolute Gasteiger partial charge is 0.211 e. The summed E-state index contributed by atoms with van der Waals surface area (Å²) in [6.07, 6.45) is 3.77. The first-order chi connectivity index (χ1) is 10.1. The highest BCUT2D eigenvalue weighted by atomic mass is 16.1. The molecule has 2 aromatic carbocycles. The van der Waals surface area contributed by atoms with Gasteiger partial charge in [0.05, 0.1) is 11.4 Å². The predicted molar refractivity (Wildman–Crippen MR) is 80.7 cm³/mol. The van der Waals surface area contributed by atoms with E-state index in [0.717, 1.165) is 22.3 Å². The van der Waals surface area contributed by atoms with Gasteiger partial charge < -0.3 is 0 Å². The third-order valence-corrected chi connectivity index (χ3v) is 3.28. The van der Waals surface area contributed by atoms with E-state index in [4.69, 9.17) is 0 Å². The van der Waals surface area contributed by atoms with E-state index in [0.29, 0.717) is 17.8 Å². The molecule has 0 bridgehead atoms. The molecule has 0 heterocycles. The van der Waals surface area contributed by atoms with E-state index in [1.54, 1.807) is 12.1 Å². The van der Waals surface area contributed by atoms with Crippen LogP contribution in [0.1, 0.15) is 22.3 Å². The molecule has 0 aromatic heterocycles. The van der Waals surface area contributed by atoms with E-state index in [1.165, 1.54) is 6.08 Å². The quantitative estimate of drug-likeness (QED) is 0.630. The van der Waals surface area contributed by atoms with Gasteiger partial charge in [-0.1, -0.05) is 23.8 Å². The maximum Gasteiger partial charge on any atom is 0.240 e. The molecule has 104 valence electrons. The van der Waals surface area contributed by atoms with Crippen molar-refractivity contribution in [3.63, 3.8) is 0 Å². The van der Waals surface area contributed by atoms with Crippen molar-refractivity contribution in [3.05, 3.63) is 58.7 Å². The number of hydrogen-bond acceptors (Lipinski definition) is 4. The normalized spacial score (nSPS) is 9.62. The molecule has 0 amide bonds. The van der Waals surface area contributed by atoms with Crippen molar-refractivity contribution in [1.29, 1.82) is 0 Å². The molecule has 21 heavy (non-hydrogen) atoms. The summed E-state index contributed by atoms with van der Waals surface area (Å²) in [4.78, 5) is 28.1. The summed E-state index contributed by atoms with van der Waals surface area (Å²) in [5.41, 5.74) is 5.40. The van der Waals surface area contributed by atoms with Gasteiger partial charge in [0, 0.05) is 0 Å². The van der Waals surface area contributed by atoms with Gasteiger partial charge >= 0.3 is 0 Å². The first-order valence-corrected chi connectivity index (χ1v) is 6.49. The Labute approximate surface area is 122 Å². The second-order valence-corrected chi connectivity index (χ2v) is 4.83. The van der Waals surface area contributed by atoms with Crippen molar-refractivity contribution in [2.24, 2.45) is 9.98 Å². The molecule has 0 aliphatic rings. The first-order valence-electron chi connectivity index (χ1n) is 6.49. The summed E-state index contributed by atoms with van der Waals surface area (Å²) in [5, 5.41) is 0. The number of rotatable bonds is 4. The van der Waals surface area contributed by atoms with Crippen molar-refractivity contribution in [2.45, 2.75) is 20.3 Å². The van der Waals surface area contributed by atoms with Crippen LogP contribution in [-0.2, 0) is 16.0 Å². The number of nitrogens with zero attached hydrogens (tertiary/aromatic N) is 2. The van der Waals surface area contributed by atoms with Gasteiger partial charge in [0.1, 0.15) is 0 Å². The van der Waals surface area contributed by atoms with E-state index >= 15 is 0 Å². The zero-order chi connectivity index (χ0) is 15.2. The number of aryl methyl sites for hydroxylation is 2. The van der Waals surface area contributed by atoms with Gasteiger partial charge in [0.2, 0.25) is 12.2 Å². The molecule has 0 spiro atoms. The molecule has 4 heteroatoms. The Hall–Kier alpha value is -2.80. The van der Waals surface area contributed by atoms with Gasteiger partial charge in [-0.3, -0.25) is 0 Å². The van der Waals surface area contributed by atoms with Crippen LogP contribution >= 0.6 is 0 Å². The molecule has 0 N–H and O–H groups in total. The third kappa shape index (κ3) is 3.61. The standard InChI is InChI=1S/C17H14N2O2/c1-12-3-6-17(19-11-21)15(7-12)9-14-4-5-16(18-10-20)8-13(14)2/h3-8H,9H2,1-2H3. The van der Waals surface area contributed by atoms with Gasteiger partial charge in [-0.2, -0.15) is 9.98 Å². The maximum absolute atomic E-state index is 10.5. The maximum atomic E-state index is 10.5. The Morgan fingerprint density at radius 3 is 2.33 bits per heavy atom. The molecule has 0 saturated carbocycles. The number of isocyanates is 2. The Bertz CT molecular complexity index is 768. The molecule has 2 rings (SSSR count).